The first-order chi connectivity index (χ1) is 13.1. The van der Waals surface area contributed by atoms with E-state index in [1.165, 1.54) is 16.7 Å². The lowest BCUT2D eigenvalue weighted by Crippen LogP contribution is -2.19. The topological polar surface area (TPSA) is 88.4 Å². The number of fused-ring (bicyclic) bond motifs is 1. The van der Waals surface area contributed by atoms with Crippen molar-refractivity contribution in [3.63, 3.8) is 0 Å². The summed E-state index contributed by atoms with van der Waals surface area (Å²) in [6.45, 7) is 0.0801. The number of aryl methyl sites for hydroxylation is 1. The number of aromatic nitrogens is 1. The minimum absolute atomic E-state index is 0.0601. The highest BCUT2D eigenvalue weighted by Crippen LogP contribution is 2.35. The van der Waals surface area contributed by atoms with Gasteiger partial charge in [0, 0.05) is 18.1 Å². The number of rotatable bonds is 6. The molecule has 0 radical (unpaired) electrons. The van der Waals surface area contributed by atoms with Crippen LogP contribution in [0.3, 0.4) is 0 Å². The van der Waals surface area contributed by atoms with E-state index in [4.69, 9.17) is 5.11 Å². The number of carbonyl (C=O) groups is 1. The number of hydrogen-bond acceptors (Lipinski definition) is 3. The van der Waals surface area contributed by atoms with Gasteiger partial charge in [0.15, 0.2) is 0 Å². The fraction of sp³-hybridized carbons (Fsp3) is 0.167. The molecular weight excluding hydrogens is 397 g/mol. The molecule has 0 aliphatic heterocycles. The standard InChI is InChI=1S/C18H15F3N2O4S/c19-18(20,21)13-5-1-2-7-15(13)28(26,27)22-14-6-3-4-12-8-10-23(17(12)14)11-9-16(24)25/h1-8,10,22H,9,11H2,(H,24,25). The fourth-order valence-electron chi connectivity index (χ4n) is 2.88. The number of nitrogens with zero attached hydrogens (tertiary/aromatic N) is 1. The fourth-order valence-corrected chi connectivity index (χ4v) is 4.18. The van der Waals surface area contributed by atoms with Gasteiger partial charge in [0.05, 0.1) is 28.1 Å². The molecular formula is C18H15F3N2O4S. The summed E-state index contributed by atoms with van der Waals surface area (Å²) in [7, 11) is -4.54. The second-order valence-electron chi connectivity index (χ2n) is 6.00. The van der Waals surface area contributed by atoms with Gasteiger partial charge in [0.2, 0.25) is 0 Å². The maximum atomic E-state index is 13.2. The van der Waals surface area contributed by atoms with Gasteiger partial charge >= 0.3 is 12.1 Å². The Morgan fingerprint density at radius 1 is 1.07 bits per heavy atom. The summed E-state index contributed by atoms with van der Waals surface area (Å²) < 4.78 is 68.8. The molecule has 0 aliphatic carbocycles. The molecule has 3 aromatic rings. The Balaban J connectivity index is 2.06. The van der Waals surface area contributed by atoms with Gasteiger partial charge in [-0.1, -0.05) is 24.3 Å². The predicted molar refractivity (Wildman–Crippen MR) is 96.4 cm³/mol. The van der Waals surface area contributed by atoms with Crippen LogP contribution in [0, 0.1) is 0 Å². The number of carboxylic acids is 1. The van der Waals surface area contributed by atoms with Crippen LogP contribution in [0.2, 0.25) is 0 Å². The highest BCUT2D eigenvalue weighted by atomic mass is 32.2. The first kappa shape index (κ1) is 19.7. The van der Waals surface area contributed by atoms with Gasteiger partial charge in [-0.15, -0.1) is 0 Å². The summed E-state index contributed by atoms with van der Waals surface area (Å²) >= 11 is 0. The number of carboxylic acid groups (broad SMARTS) is 1. The van der Waals surface area contributed by atoms with Gasteiger partial charge in [0.25, 0.3) is 10.0 Å². The number of halogens is 3. The van der Waals surface area contributed by atoms with Crippen LogP contribution >= 0.6 is 0 Å². The molecule has 28 heavy (non-hydrogen) atoms. The lowest BCUT2D eigenvalue weighted by molar-refractivity contribution is -0.140. The minimum atomic E-state index is -4.83. The van der Waals surface area contributed by atoms with Crippen molar-refractivity contribution in [1.82, 2.24) is 4.57 Å². The number of alkyl halides is 3. The Hall–Kier alpha value is -3.01. The highest BCUT2D eigenvalue weighted by Gasteiger charge is 2.37. The smallest absolute Gasteiger partial charge is 0.417 e. The zero-order chi connectivity index (χ0) is 20.5. The van der Waals surface area contributed by atoms with Gasteiger partial charge in [-0.2, -0.15) is 13.2 Å². The molecule has 3 rings (SSSR count). The average Bonchev–Trinajstić information content (AvgIpc) is 3.03. The molecule has 0 bridgehead atoms. The summed E-state index contributed by atoms with van der Waals surface area (Å²) in [6.07, 6.45) is -3.43. The molecule has 0 aliphatic rings. The van der Waals surface area contributed by atoms with Crippen LogP contribution in [0.4, 0.5) is 18.9 Å². The largest absolute Gasteiger partial charge is 0.481 e. The minimum Gasteiger partial charge on any atom is -0.481 e. The van der Waals surface area contributed by atoms with Crippen LogP contribution in [0.25, 0.3) is 10.9 Å². The molecule has 0 atom stereocenters. The zero-order valence-electron chi connectivity index (χ0n) is 14.3. The average molecular weight is 412 g/mol. The Morgan fingerprint density at radius 2 is 1.79 bits per heavy atom. The van der Waals surface area contributed by atoms with Crippen molar-refractivity contribution in [3.8, 4) is 0 Å². The van der Waals surface area contributed by atoms with Crippen molar-refractivity contribution in [1.29, 1.82) is 0 Å². The van der Waals surface area contributed by atoms with Gasteiger partial charge in [-0.05, 0) is 24.3 Å². The number of hydrogen-bond donors (Lipinski definition) is 2. The second-order valence-corrected chi connectivity index (χ2v) is 7.65. The second kappa shape index (κ2) is 7.19. The molecule has 148 valence electrons. The Bertz CT molecular complexity index is 1140. The third-order valence-corrected chi connectivity index (χ3v) is 5.51. The number of nitrogens with one attached hydrogen (secondary N) is 1. The molecule has 0 amide bonds. The Labute approximate surface area is 158 Å². The Kier molecular flexibility index (Phi) is 5.07. The Morgan fingerprint density at radius 3 is 2.46 bits per heavy atom. The maximum absolute atomic E-state index is 13.2. The molecule has 0 fully saturated rings. The number of para-hydroxylation sites is 1. The summed E-state index contributed by atoms with van der Waals surface area (Å²) in [5.41, 5.74) is -0.822. The number of benzene rings is 2. The predicted octanol–water partition coefficient (Wildman–Crippen LogP) is 3.94. The molecule has 10 heteroatoms. The molecule has 6 nitrogen and oxygen atoms in total. The maximum Gasteiger partial charge on any atom is 0.417 e. The molecule has 2 N–H and O–H groups in total. The lowest BCUT2D eigenvalue weighted by Gasteiger charge is -2.15. The zero-order valence-corrected chi connectivity index (χ0v) is 15.1. The number of aliphatic carboxylic acids is 1. The highest BCUT2D eigenvalue weighted by molar-refractivity contribution is 7.92. The summed E-state index contributed by atoms with van der Waals surface area (Å²) in [6, 6.07) is 10.2. The monoisotopic (exact) mass is 412 g/mol. The summed E-state index contributed by atoms with van der Waals surface area (Å²) in [4.78, 5) is 9.94. The van der Waals surface area contributed by atoms with Crippen molar-refractivity contribution in [2.45, 2.75) is 24.0 Å². The molecule has 1 aromatic heterocycles. The summed E-state index contributed by atoms with van der Waals surface area (Å²) in [5, 5.41) is 9.48. The quantitative estimate of drug-likeness (QED) is 0.642. The molecule has 0 saturated heterocycles. The van der Waals surface area contributed by atoms with Crippen molar-refractivity contribution in [2.75, 3.05) is 4.72 Å². The lowest BCUT2D eigenvalue weighted by atomic mass is 10.2. The van der Waals surface area contributed by atoms with Crippen LogP contribution in [0.15, 0.2) is 59.6 Å². The molecule has 0 unspecified atom stereocenters. The van der Waals surface area contributed by atoms with Gasteiger partial charge in [-0.25, -0.2) is 8.42 Å². The number of anilines is 1. The molecule has 0 saturated carbocycles. The first-order valence-electron chi connectivity index (χ1n) is 8.08. The van der Waals surface area contributed by atoms with Crippen LogP contribution < -0.4 is 4.72 Å². The van der Waals surface area contributed by atoms with Crippen LogP contribution in [0.5, 0.6) is 0 Å². The van der Waals surface area contributed by atoms with E-state index in [1.807, 2.05) is 0 Å². The number of sulfonamides is 1. The van der Waals surface area contributed by atoms with Crippen molar-refractivity contribution >= 4 is 32.6 Å². The van der Waals surface area contributed by atoms with Gasteiger partial charge in [-0.3, -0.25) is 9.52 Å². The normalized spacial score (nSPS) is 12.2. The van der Waals surface area contributed by atoms with E-state index in [1.54, 1.807) is 24.4 Å². The third-order valence-electron chi connectivity index (χ3n) is 4.08. The van der Waals surface area contributed by atoms with Gasteiger partial charge < -0.3 is 9.67 Å². The molecule has 0 spiro atoms. The van der Waals surface area contributed by atoms with E-state index in [9.17, 15) is 26.4 Å². The van der Waals surface area contributed by atoms with Crippen molar-refractivity contribution in [2.24, 2.45) is 0 Å². The third kappa shape index (κ3) is 3.96. The van der Waals surface area contributed by atoms with E-state index in [0.717, 1.165) is 12.1 Å². The van der Waals surface area contributed by atoms with Crippen molar-refractivity contribution in [3.05, 3.63) is 60.3 Å². The van der Waals surface area contributed by atoms with Crippen LogP contribution in [-0.2, 0) is 27.5 Å². The van der Waals surface area contributed by atoms with E-state index < -0.39 is 32.6 Å². The first-order valence-corrected chi connectivity index (χ1v) is 9.56. The molecule has 1 heterocycles. The van der Waals surface area contributed by atoms with E-state index in [2.05, 4.69) is 4.72 Å². The van der Waals surface area contributed by atoms with Gasteiger partial charge in [0.1, 0.15) is 0 Å². The van der Waals surface area contributed by atoms with Crippen LogP contribution in [0.1, 0.15) is 12.0 Å². The van der Waals surface area contributed by atoms with Crippen LogP contribution in [-0.4, -0.2) is 24.1 Å². The van der Waals surface area contributed by atoms with E-state index in [-0.39, 0.29) is 18.7 Å². The van der Waals surface area contributed by atoms with E-state index in [0.29, 0.717) is 17.0 Å². The van der Waals surface area contributed by atoms with Crippen molar-refractivity contribution < 1.29 is 31.5 Å². The summed E-state index contributed by atoms with van der Waals surface area (Å²) in [5.74, 6) is -1.03. The molecule has 2 aromatic carbocycles. The SMILES string of the molecule is O=C(O)CCn1ccc2cccc(NS(=O)(=O)c3ccccc3C(F)(F)F)c21. The van der Waals surface area contributed by atoms with E-state index >= 15 is 0 Å².